The van der Waals surface area contributed by atoms with Gasteiger partial charge in [-0.15, -0.1) is 0 Å². The number of aryl methyl sites for hydroxylation is 1. The van der Waals surface area contributed by atoms with E-state index in [0.717, 1.165) is 11.4 Å². The molecule has 0 saturated carbocycles. The summed E-state index contributed by atoms with van der Waals surface area (Å²) in [6, 6.07) is 3.65. The highest BCUT2D eigenvalue weighted by molar-refractivity contribution is 7.71. The van der Waals surface area contributed by atoms with E-state index in [2.05, 4.69) is 15.6 Å². The van der Waals surface area contributed by atoms with Crippen LogP contribution in [0.15, 0.2) is 12.1 Å². The number of hydrogen-bond acceptors (Lipinski definition) is 6. The van der Waals surface area contributed by atoms with Crippen LogP contribution < -0.4 is 19.6 Å². The number of H-pyrrole nitrogens is 1. The molecule has 0 aliphatic heterocycles. The molecule has 0 aliphatic rings. The fourth-order valence-corrected chi connectivity index (χ4v) is 2.20. The van der Waals surface area contributed by atoms with Gasteiger partial charge in [-0.3, -0.25) is 5.10 Å². The van der Waals surface area contributed by atoms with Gasteiger partial charge in [-0.05, 0) is 25.2 Å². The monoisotopic (exact) mass is 310 g/mol. The lowest BCUT2D eigenvalue weighted by Gasteiger charge is -2.15. The molecule has 0 spiro atoms. The maximum atomic E-state index is 5.38. The lowest BCUT2D eigenvalue weighted by Crippen LogP contribution is -2.16. The van der Waals surface area contributed by atoms with Crippen LogP contribution in [0.3, 0.4) is 0 Å². The molecule has 0 bridgehead atoms. The number of nitrogens with one attached hydrogen (secondary N) is 2. The third-order valence-electron chi connectivity index (χ3n) is 3.05. The number of hydrogen-bond donors (Lipinski definition) is 2. The van der Waals surface area contributed by atoms with Gasteiger partial charge in [0.2, 0.25) is 4.77 Å². The van der Waals surface area contributed by atoms with E-state index in [1.54, 1.807) is 32.1 Å². The first-order valence-electron chi connectivity index (χ1n) is 6.27. The van der Waals surface area contributed by atoms with Gasteiger partial charge in [-0.2, -0.15) is 5.10 Å². The summed E-state index contributed by atoms with van der Waals surface area (Å²) in [6.07, 6.45) is 0. The highest BCUT2D eigenvalue weighted by atomic mass is 32.1. The highest BCUT2D eigenvalue weighted by Gasteiger charge is 2.12. The average molecular weight is 310 g/mol. The summed E-state index contributed by atoms with van der Waals surface area (Å²) in [4.78, 5) is 0. The SMILES string of the molecule is COc1cc(OC)c(OC)cc1CNn1c(C)n[nH]c1=S. The number of aromatic amines is 1. The topological polar surface area (TPSA) is 73.3 Å². The second kappa shape index (κ2) is 6.49. The Hall–Kier alpha value is -2.22. The summed E-state index contributed by atoms with van der Waals surface area (Å²) in [5.41, 5.74) is 4.10. The second-order valence-electron chi connectivity index (χ2n) is 4.27. The highest BCUT2D eigenvalue weighted by Crippen LogP contribution is 2.34. The van der Waals surface area contributed by atoms with Crippen LogP contribution in [0.2, 0.25) is 0 Å². The molecule has 2 aromatic rings. The summed E-state index contributed by atoms with van der Waals surface area (Å²) in [7, 11) is 4.79. The summed E-state index contributed by atoms with van der Waals surface area (Å²) < 4.78 is 18.2. The van der Waals surface area contributed by atoms with E-state index in [-0.39, 0.29) is 0 Å². The maximum Gasteiger partial charge on any atom is 0.214 e. The molecular weight excluding hydrogens is 292 g/mol. The molecule has 114 valence electrons. The number of benzene rings is 1. The Bertz CT molecular complexity index is 681. The minimum absolute atomic E-state index is 0.498. The lowest BCUT2D eigenvalue weighted by atomic mass is 10.1. The van der Waals surface area contributed by atoms with Crippen molar-refractivity contribution in [1.82, 2.24) is 14.9 Å². The zero-order chi connectivity index (χ0) is 15.4. The molecule has 1 aromatic carbocycles. The van der Waals surface area contributed by atoms with Crippen LogP contribution >= 0.6 is 12.2 Å². The Morgan fingerprint density at radius 2 is 1.76 bits per heavy atom. The van der Waals surface area contributed by atoms with E-state index < -0.39 is 0 Å². The first-order chi connectivity index (χ1) is 10.1. The predicted octanol–water partition coefficient (Wildman–Crippen LogP) is 2.02. The minimum atomic E-state index is 0.498. The Balaban J connectivity index is 2.29. The van der Waals surface area contributed by atoms with Crippen LogP contribution in [-0.4, -0.2) is 36.2 Å². The summed E-state index contributed by atoms with van der Waals surface area (Å²) in [5, 5.41) is 6.76. The number of aromatic nitrogens is 3. The van der Waals surface area contributed by atoms with Crippen LogP contribution in [0.1, 0.15) is 11.4 Å². The molecule has 0 amide bonds. The van der Waals surface area contributed by atoms with Gasteiger partial charge in [0, 0.05) is 11.6 Å². The molecule has 1 heterocycles. The van der Waals surface area contributed by atoms with Crippen LogP contribution in [-0.2, 0) is 6.54 Å². The summed E-state index contributed by atoms with van der Waals surface area (Å²) in [5.74, 6) is 2.71. The van der Waals surface area contributed by atoms with Crippen molar-refractivity contribution in [3.05, 3.63) is 28.3 Å². The molecule has 0 atom stereocenters. The molecule has 21 heavy (non-hydrogen) atoms. The van der Waals surface area contributed by atoms with Gasteiger partial charge < -0.3 is 19.6 Å². The van der Waals surface area contributed by atoms with Gasteiger partial charge in [-0.1, -0.05) is 0 Å². The Morgan fingerprint density at radius 1 is 1.14 bits per heavy atom. The fraction of sp³-hybridized carbons (Fsp3) is 0.385. The van der Waals surface area contributed by atoms with Crippen molar-refractivity contribution in [3.63, 3.8) is 0 Å². The zero-order valence-corrected chi connectivity index (χ0v) is 13.2. The number of ether oxygens (including phenoxy) is 3. The molecule has 0 fully saturated rings. The largest absolute Gasteiger partial charge is 0.496 e. The number of rotatable bonds is 6. The predicted molar refractivity (Wildman–Crippen MR) is 81.3 cm³/mol. The minimum Gasteiger partial charge on any atom is -0.496 e. The molecule has 0 radical (unpaired) electrons. The maximum absolute atomic E-state index is 5.38. The van der Waals surface area contributed by atoms with Gasteiger partial charge >= 0.3 is 0 Å². The van der Waals surface area contributed by atoms with E-state index in [9.17, 15) is 0 Å². The van der Waals surface area contributed by atoms with Crippen molar-refractivity contribution in [3.8, 4) is 17.2 Å². The molecule has 8 heteroatoms. The van der Waals surface area contributed by atoms with Crippen molar-refractivity contribution in [2.75, 3.05) is 26.8 Å². The van der Waals surface area contributed by atoms with Gasteiger partial charge in [0.15, 0.2) is 11.5 Å². The van der Waals surface area contributed by atoms with Crippen LogP contribution in [0, 0.1) is 11.7 Å². The van der Waals surface area contributed by atoms with Gasteiger partial charge in [-0.25, -0.2) is 4.68 Å². The van der Waals surface area contributed by atoms with Crippen molar-refractivity contribution in [1.29, 1.82) is 0 Å². The smallest absolute Gasteiger partial charge is 0.214 e. The number of methoxy groups -OCH3 is 3. The van der Waals surface area contributed by atoms with E-state index in [4.69, 9.17) is 26.4 Å². The third-order valence-corrected chi connectivity index (χ3v) is 3.33. The molecule has 1 aromatic heterocycles. The van der Waals surface area contributed by atoms with Gasteiger partial charge in [0.25, 0.3) is 0 Å². The van der Waals surface area contributed by atoms with Gasteiger partial charge in [0.05, 0.1) is 27.9 Å². The van der Waals surface area contributed by atoms with E-state index in [1.807, 2.05) is 13.0 Å². The average Bonchev–Trinajstić information content (AvgIpc) is 2.83. The third kappa shape index (κ3) is 3.10. The zero-order valence-electron chi connectivity index (χ0n) is 12.4. The van der Waals surface area contributed by atoms with E-state index in [0.29, 0.717) is 28.6 Å². The van der Waals surface area contributed by atoms with Crippen LogP contribution in [0.5, 0.6) is 17.2 Å². The molecule has 2 N–H and O–H groups in total. The van der Waals surface area contributed by atoms with Crippen molar-refractivity contribution in [2.45, 2.75) is 13.5 Å². The fourth-order valence-electron chi connectivity index (χ4n) is 1.96. The Labute approximate surface area is 127 Å². The Morgan fingerprint density at radius 3 is 2.29 bits per heavy atom. The second-order valence-corrected chi connectivity index (χ2v) is 4.65. The van der Waals surface area contributed by atoms with E-state index >= 15 is 0 Å². The quantitative estimate of drug-likeness (QED) is 0.795. The molecule has 0 saturated heterocycles. The van der Waals surface area contributed by atoms with Crippen LogP contribution in [0.25, 0.3) is 0 Å². The first-order valence-corrected chi connectivity index (χ1v) is 6.68. The lowest BCUT2D eigenvalue weighted by molar-refractivity contribution is 0.347. The molecule has 0 unspecified atom stereocenters. The molecule has 7 nitrogen and oxygen atoms in total. The van der Waals surface area contributed by atoms with Crippen molar-refractivity contribution >= 4 is 12.2 Å². The van der Waals surface area contributed by atoms with Gasteiger partial charge in [0.1, 0.15) is 11.6 Å². The Kier molecular flexibility index (Phi) is 4.69. The normalized spacial score (nSPS) is 10.3. The first kappa shape index (κ1) is 15.2. The number of nitrogens with zero attached hydrogens (tertiary/aromatic N) is 2. The van der Waals surface area contributed by atoms with E-state index in [1.165, 1.54) is 0 Å². The molecule has 2 rings (SSSR count). The summed E-state index contributed by atoms with van der Waals surface area (Å²) >= 11 is 5.14. The van der Waals surface area contributed by atoms with Crippen molar-refractivity contribution in [2.24, 2.45) is 0 Å². The molecule has 0 aliphatic carbocycles. The molecular formula is C13H18N4O3S. The van der Waals surface area contributed by atoms with Crippen LogP contribution in [0.4, 0.5) is 0 Å². The van der Waals surface area contributed by atoms with Crippen molar-refractivity contribution < 1.29 is 14.2 Å². The summed E-state index contributed by atoms with van der Waals surface area (Å²) in [6.45, 7) is 2.35. The standard InChI is InChI=1S/C13H18N4O3S/c1-8-15-16-13(21)17(8)14-7-9-5-11(19-3)12(20-4)6-10(9)18-2/h5-6,14H,7H2,1-4H3,(H,16,21).